The molecule has 1 aliphatic rings. The number of H-pyrrole nitrogens is 1. The smallest absolute Gasteiger partial charge is 0.267 e. The molecule has 31 heavy (non-hydrogen) atoms. The second-order valence-corrected chi connectivity index (χ2v) is 8.42. The number of hydrogen-bond acceptors (Lipinski definition) is 5. The van der Waals surface area contributed by atoms with Crippen LogP contribution < -0.4 is 26.4 Å². The lowest BCUT2D eigenvalue weighted by atomic mass is 9.86. The van der Waals surface area contributed by atoms with Crippen LogP contribution in [-0.2, 0) is 5.41 Å². The number of hydrogen-bond donors (Lipinski definition) is 2. The Morgan fingerprint density at radius 3 is 2.74 bits per heavy atom. The van der Waals surface area contributed by atoms with Crippen LogP contribution in [0.3, 0.4) is 0 Å². The summed E-state index contributed by atoms with van der Waals surface area (Å²) >= 11 is 0. The largest absolute Gasteiger partial charge is 0.459 e. The van der Waals surface area contributed by atoms with Crippen LogP contribution in [0.15, 0.2) is 64.5 Å². The molecule has 2 aromatic carbocycles. The monoisotopic (exact) mass is 416 g/mol. The summed E-state index contributed by atoms with van der Waals surface area (Å²) in [6.07, 6.45) is 1.75. The van der Waals surface area contributed by atoms with Crippen molar-refractivity contribution in [3.05, 3.63) is 87.0 Å². The Labute approximate surface area is 179 Å². The second-order valence-electron chi connectivity index (χ2n) is 8.42. The van der Waals surface area contributed by atoms with E-state index in [1.807, 2.05) is 18.2 Å². The van der Waals surface area contributed by atoms with Crippen LogP contribution >= 0.6 is 0 Å². The molecule has 1 aliphatic heterocycles. The number of ether oxygens (including phenoxy) is 1. The van der Waals surface area contributed by atoms with Crippen molar-refractivity contribution in [2.24, 2.45) is 4.99 Å². The van der Waals surface area contributed by atoms with E-state index in [1.54, 1.807) is 30.3 Å². The quantitative estimate of drug-likeness (QED) is 0.683. The summed E-state index contributed by atoms with van der Waals surface area (Å²) in [5.41, 5.74) is 2.42. The standard InChI is InChI=1S/C24H24N4O3/c1-24(2,3)16-7-4-6-15(12-16)23(30)27-17-8-5-9-18(13-17)31-19-10-11-25-22-21(19)28-20(29)14-26-22/h4-9,12-14H,10-11H2,1-3H3,(H,27,30)(H,28,29). The highest BCUT2D eigenvalue weighted by Gasteiger charge is 2.16. The Morgan fingerprint density at radius 1 is 1.13 bits per heavy atom. The van der Waals surface area contributed by atoms with Gasteiger partial charge in [-0.05, 0) is 35.2 Å². The van der Waals surface area contributed by atoms with Crippen LogP contribution in [0.2, 0.25) is 0 Å². The van der Waals surface area contributed by atoms with Crippen LogP contribution in [0.4, 0.5) is 5.69 Å². The molecule has 1 amide bonds. The number of carbonyl (C=O) groups excluding carboxylic acids is 1. The fourth-order valence-corrected chi connectivity index (χ4v) is 3.31. The van der Waals surface area contributed by atoms with E-state index < -0.39 is 0 Å². The topological polar surface area (TPSA) is 96.4 Å². The van der Waals surface area contributed by atoms with E-state index in [0.717, 1.165) is 5.56 Å². The van der Waals surface area contributed by atoms with E-state index in [1.165, 1.54) is 6.20 Å². The van der Waals surface area contributed by atoms with Gasteiger partial charge in [0.15, 0.2) is 5.49 Å². The van der Waals surface area contributed by atoms with Gasteiger partial charge in [-0.15, -0.1) is 0 Å². The number of carbonyl (C=O) groups is 1. The van der Waals surface area contributed by atoms with Gasteiger partial charge in [0.2, 0.25) is 0 Å². The molecule has 0 fully saturated rings. The minimum atomic E-state index is -0.310. The SMILES string of the molecule is CC(C)(C)c1cccc(C(=O)Nc2cccc(OC3=c4[nH]c(=O)cnc4=NCC3)c2)c1. The number of fused-ring (bicyclic) bond motifs is 1. The summed E-state index contributed by atoms with van der Waals surface area (Å²) in [5.74, 6) is 0.955. The maximum absolute atomic E-state index is 12.8. The summed E-state index contributed by atoms with van der Waals surface area (Å²) in [6.45, 7) is 6.87. The van der Waals surface area contributed by atoms with Crippen molar-refractivity contribution >= 4 is 17.4 Å². The predicted molar refractivity (Wildman–Crippen MR) is 119 cm³/mol. The third-order valence-electron chi connectivity index (χ3n) is 4.98. The molecule has 158 valence electrons. The van der Waals surface area contributed by atoms with Gasteiger partial charge in [0, 0.05) is 30.3 Å². The molecule has 0 saturated heterocycles. The Kier molecular flexibility index (Phi) is 5.42. The molecule has 7 heteroatoms. The lowest BCUT2D eigenvalue weighted by molar-refractivity contribution is 0.102. The van der Waals surface area contributed by atoms with E-state index in [2.05, 4.69) is 41.0 Å². The summed E-state index contributed by atoms with van der Waals surface area (Å²) in [6, 6.07) is 14.8. The molecule has 0 saturated carbocycles. The van der Waals surface area contributed by atoms with Gasteiger partial charge >= 0.3 is 0 Å². The number of anilines is 1. The van der Waals surface area contributed by atoms with Crippen molar-refractivity contribution in [2.75, 3.05) is 11.9 Å². The first-order valence-corrected chi connectivity index (χ1v) is 10.1. The maximum atomic E-state index is 12.8. The fraction of sp³-hybridized carbons (Fsp3) is 0.250. The fourth-order valence-electron chi connectivity index (χ4n) is 3.31. The number of rotatable bonds is 4. The van der Waals surface area contributed by atoms with Crippen molar-refractivity contribution in [1.29, 1.82) is 0 Å². The molecule has 0 bridgehead atoms. The third kappa shape index (κ3) is 4.71. The average Bonchev–Trinajstić information content (AvgIpc) is 2.74. The molecule has 0 atom stereocenters. The van der Waals surface area contributed by atoms with E-state index in [-0.39, 0.29) is 16.9 Å². The van der Waals surface area contributed by atoms with Gasteiger partial charge in [0.25, 0.3) is 11.5 Å². The molecule has 4 rings (SSSR count). The summed E-state index contributed by atoms with van der Waals surface area (Å²) in [4.78, 5) is 35.5. The maximum Gasteiger partial charge on any atom is 0.267 e. The van der Waals surface area contributed by atoms with Gasteiger partial charge in [-0.25, -0.2) is 4.98 Å². The molecular weight excluding hydrogens is 392 g/mol. The summed E-state index contributed by atoms with van der Waals surface area (Å²) in [7, 11) is 0. The van der Waals surface area contributed by atoms with Crippen LogP contribution in [0.5, 0.6) is 5.75 Å². The second kappa shape index (κ2) is 8.18. The molecule has 2 N–H and O–H groups in total. The van der Waals surface area contributed by atoms with Gasteiger partial charge in [-0.3, -0.25) is 14.6 Å². The number of nitrogens with zero attached hydrogens (tertiary/aromatic N) is 2. The molecule has 0 aliphatic carbocycles. The third-order valence-corrected chi connectivity index (χ3v) is 4.98. The van der Waals surface area contributed by atoms with E-state index in [4.69, 9.17) is 4.74 Å². The van der Waals surface area contributed by atoms with Crippen LogP contribution in [-0.4, -0.2) is 22.4 Å². The van der Waals surface area contributed by atoms with Crippen LogP contribution in [0, 0.1) is 0 Å². The van der Waals surface area contributed by atoms with Crippen LogP contribution in [0.1, 0.15) is 43.1 Å². The average molecular weight is 416 g/mol. The normalized spacial score (nSPS) is 13.2. The Morgan fingerprint density at radius 2 is 1.94 bits per heavy atom. The molecule has 1 aromatic heterocycles. The molecule has 7 nitrogen and oxygen atoms in total. The number of nitrogens with one attached hydrogen (secondary N) is 2. The lowest BCUT2D eigenvalue weighted by Gasteiger charge is -2.19. The molecule has 0 spiro atoms. The minimum absolute atomic E-state index is 0.0420. The predicted octanol–water partition coefficient (Wildman–Crippen LogP) is 2.53. The first-order chi connectivity index (χ1) is 14.8. The van der Waals surface area contributed by atoms with Gasteiger partial charge in [0.05, 0.1) is 6.20 Å². The van der Waals surface area contributed by atoms with Crippen molar-refractivity contribution < 1.29 is 9.53 Å². The molecule has 0 radical (unpaired) electrons. The zero-order chi connectivity index (χ0) is 22.0. The highest BCUT2D eigenvalue weighted by molar-refractivity contribution is 6.04. The molecule has 2 heterocycles. The highest BCUT2D eigenvalue weighted by Crippen LogP contribution is 2.24. The number of aromatic nitrogens is 2. The van der Waals surface area contributed by atoms with Crippen molar-refractivity contribution in [3.8, 4) is 5.75 Å². The molecular formula is C24H24N4O3. The molecule has 0 unspecified atom stereocenters. The Bertz CT molecular complexity index is 1320. The van der Waals surface area contributed by atoms with Gasteiger partial charge in [-0.1, -0.05) is 39.0 Å². The molecule has 3 aromatic rings. The summed E-state index contributed by atoms with van der Waals surface area (Å²) < 4.78 is 6.02. The van der Waals surface area contributed by atoms with Crippen molar-refractivity contribution in [3.63, 3.8) is 0 Å². The van der Waals surface area contributed by atoms with E-state index >= 15 is 0 Å². The van der Waals surface area contributed by atoms with Gasteiger partial charge < -0.3 is 15.0 Å². The number of benzene rings is 2. The highest BCUT2D eigenvalue weighted by atomic mass is 16.5. The van der Waals surface area contributed by atoms with Crippen molar-refractivity contribution in [2.45, 2.75) is 32.6 Å². The Hall–Kier alpha value is -3.74. The van der Waals surface area contributed by atoms with E-state index in [0.29, 0.717) is 46.6 Å². The number of amides is 1. The van der Waals surface area contributed by atoms with E-state index in [9.17, 15) is 9.59 Å². The minimum Gasteiger partial charge on any atom is -0.459 e. The zero-order valence-electron chi connectivity index (χ0n) is 17.7. The first-order valence-electron chi connectivity index (χ1n) is 10.1. The van der Waals surface area contributed by atoms with Crippen LogP contribution in [0.25, 0.3) is 5.76 Å². The van der Waals surface area contributed by atoms with Gasteiger partial charge in [0.1, 0.15) is 16.9 Å². The lowest BCUT2D eigenvalue weighted by Crippen LogP contribution is -2.42. The van der Waals surface area contributed by atoms with Gasteiger partial charge in [-0.2, -0.15) is 0 Å². The first kappa shape index (κ1) is 20.5. The Balaban J connectivity index is 1.57. The zero-order valence-corrected chi connectivity index (χ0v) is 17.7. The summed E-state index contributed by atoms with van der Waals surface area (Å²) in [5, 5.41) is 3.42. The van der Waals surface area contributed by atoms with Crippen molar-refractivity contribution in [1.82, 2.24) is 9.97 Å². The number of aromatic amines is 1.